The third-order valence-electron chi connectivity index (χ3n) is 9.24. The number of rotatable bonds is 7. The maximum Gasteiger partial charge on any atom is 0.177 e. The lowest BCUT2D eigenvalue weighted by Crippen LogP contribution is -2.80. The first-order chi connectivity index (χ1) is 16.5. The Bertz CT molecular complexity index is 1120. The number of likely N-dealkylation sites (tertiary alicyclic amines) is 1. The number of aryl methyl sites for hydroxylation is 1. The summed E-state index contributed by atoms with van der Waals surface area (Å²) in [7, 11) is 0. The summed E-state index contributed by atoms with van der Waals surface area (Å²) < 4.78 is 13.6. The summed E-state index contributed by atoms with van der Waals surface area (Å²) >= 11 is 0. The fourth-order valence-corrected chi connectivity index (χ4v) is 7.86. The Morgan fingerprint density at radius 1 is 1.18 bits per heavy atom. The van der Waals surface area contributed by atoms with E-state index in [0.717, 1.165) is 57.2 Å². The Labute approximate surface area is 202 Å². The van der Waals surface area contributed by atoms with E-state index in [4.69, 9.17) is 9.47 Å². The highest BCUT2D eigenvalue weighted by molar-refractivity contribution is 5.94. The topological polar surface area (TPSA) is 59.0 Å². The van der Waals surface area contributed by atoms with Crippen LogP contribution >= 0.6 is 0 Å². The monoisotopic (exact) mass is 461 g/mol. The Kier molecular flexibility index (Phi) is 5.09. The van der Waals surface area contributed by atoms with Crippen molar-refractivity contribution in [2.45, 2.75) is 81.5 Å². The molecule has 0 amide bonds. The van der Waals surface area contributed by atoms with E-state index < -0.39 is 16.6 Å². The van der Waals surface area contributed by atoms with Gasteiger partial charge in [0.15, 0.2) is 22.9 Å². The molecule has 2 heterocycles. The number of carbonyl (C=O) groups is 1. The molecule has 5 nitrogen and oxygen atoms in total. The first-order valence-electron chi connectivity index (χ1n) is 13.0. The van der Waals surface area contributed by atoms with Crippen LogP contribution in [0, 0.1) is 0 Å². The van der Waals surface area contributed by atoms with Crippen LogP contribution in [0.5, 0.6) is 11.5 Å². The number of piperidine rings is 1. The van der Waals surface area contributed by atoms with Gasteiger partial charge in [0, 0.05) is 24.6 Å². The fourth-order valence-electron chi connectivity index (χ4n) is 7.86. The summed E-state index contributed by atoms with van der Waals surface area (Å²) in [6.45, 7) is 6.81. The van der Waals surface area contributed by atoms with Crippen molar-refractivity contribution in [2.24, 2.45) is 0 Å². The van der Waals surface area contributed by atoms with Crippen LogP contribution in [-0.2, 0) is 27.8 Å². The van der Waals surface area contributed by atoms with Gasteiger partial charge in [-0.1, -0.05) is 43.3 Å². The summed E-state index contributed by atoms with van der Waals surface area (Å²) in [6, 6.07) is 14.5. The molecule has 1 N–H and O–H groups in total. The van der Waals surface area contributed by atoms with E-state index in [1.165, 1.54) is 11.1 Å². The predicted octanol–water partition coefficient (Wildman–Crippen LogP) is 4.57. The van der Waals surface area contributed by atoms with Crippen molar-refractivity contribution in [3.05, 3.63) is 59.2 Å². The molecule has 4 aliphatic rings. The minimum atomic E-state index is -1.00. The van der Waals surface area contributed by atoms with Crippen molar-refractivity contribution < 1.29 is 19.4 Å². The maximum atomic E-state index is 13.5. The first kappa shape index (κ1) is 22.1. The second kappa shape index (κ2) is 7.82. The average Bonchev–Trinajstić information content (AvgIpc) is 3.13. The molecule has 1 saturated heterocycles. The van der Waals surface area contributed by atoms with Gasteiger partial charge in [0.2, 0.25) is 0 Å². The van der Waals surface area contributed by atoms with Gasteiger partial charge in [-0.15, -0.1) is 0 Å². The number of phenols is 1. The van der Waals surface area contributed by atoms with Crippen LogP contribution in [0.25, 0.3) is 0 Å². The summed E-state index contributed by atoms with van der Waals surface area (Å²) in [5.41, 5.74) is 1.53. The first-order valence-corrected chi connectivity index (χ1v) is 13.0. The molecule has 0 radical (unpaired) electrons. The van der Waals surface area contributed by atoms with Crippen LogP contribution in [0.15, 0.2) is 42.5 Å². The molecule has 2 aromatic carbocycles. The van der Waals surface area contributed by atoms with Crippen LogP contribution < -0.4 is 4.74 Å². The zero-order valence-electron chi connectivity index (χ0n) is 20.3. The van der Waals surface area contributed by atoms with Gasteiger partial charge in [0.25, 0.3) is 0 Å². The molecule has 2 aliphatic carbocycles. The Morgan fingerprint density at radius 3 is 2.79 bits per heavy atom. The SMILES string of the molecule is CCCN1CC[C@]23c4c5ccc(O)c4OC2(C)C(=O)CC[C@@]3(OCCCc2ccccc2)C1C5. The number of aromatic hydroxyl groups is 1. The van der Waals surface area contributed by atoms with E-state index in [1.54, 1.807) is 6.07 Å². The van der Waals surface area contributed by atoms with Gasteiger partial charge in [-0.3, -0.25) is 9.69 Å². The number of Topliss-reactive ketones (excluding diaryl/α,β-unsaturated/α-hetero) is 1. The number of benzene rings is 2. The fraction of sp³-hybridized carbons (Fsp3) is 0.552. The second-order valence-corrected chi connectivity index (χ2v) is 10.7. The lowest BCUT2D eigenvalue weighted by atomic mass is 9.45. The normalized spacial score (nSPS) is 33.5. The molecule has 2 aromatic rings. The molecule has 1 saturated carbocycles. The predicted molar refractivity (Wildman–Crippen MR) is 130 cm³/mol. The minimum absolute atomic E-state index is 0.141. The molecule has 180 valence electrons. The van der Waals surface area contributed by atoms with E-state index in [1.807, 2.05) is 19.1 Å². The van der Waals surface area contributed by atoms with Gasteiger partial charge in [0.1, 0.15) is 0 Å². The Morgan fingerprint density at radius 2 is 2.00 bits per heavy atom. The molecular weight excluding hydrogens is 426 g/mol. The molecule has 2 unspecified atom stereocenters. The van der Waals surface area contributed by atoms with E-state index in [2.05, 4.69) is 36.1 Å². The molecule has 2 aliphatic heterocycles. The molecule has 0 aromatic heterocycles. The van der Waals surface area contributed by atoms with Crippen molar-refractivity contribution in [3.8, 4) is 11.5 Å². The molecule has 4 atom stereocenters. The number of carbonyl (C=O) groups excluding carboxylic acids is 1. The average molecular weight is 462 g/mol. The molecule has 2 fully saturated rings. The summed E-state index contributed by atoms with van der Waals surface area (Å²) in [4.78, 5) is 16.1. The number of ether oxygens (including phenoxy) is 2. The zero-order valence-corrected chi connectivity index (χ0v) is 20.3. The summed E-state index contributed by atoms with van der Waals surface area (Å²) in [5, 5.41) is 10.8. The molecule has 6 rings (SSSR count). The Balaban J connectivity index is 1.44. The van der Waals surface area contributed by atoms with Gasteiger partial charge in [-0.2, -0.15) is 0 Å². The molecule has 2 bridgehead atoms. The van der Waals surface area contributed by atoms with E-state index in [9.17, 15) is 9.90 Å². The summed E-state index contributed by atoms with van der Waals surface area (Å²) in [5.74, 6) is 0.806. The lowest BCUT2D eigenvalue weighted by Gasteiger charge is -2.66. The number of nitrogens with zero attached hydrogens (tertiary/aromatic N) is 1. The van der Waals surface area contributed by atoms with Crippen molar-refractivity contribution in [2.75, 3.05) is 19.7 Å². The van der Waals surface area contributed by atoms with Gasteiger partial charge < -0.3 is 14.6 Å². The number of phenolic OH excluding ortho intramolecular Hbond substituents is 1. The number of hydrogen-bond acceptors (Lipinski definition) is 5. The second-order valence-electron chi connectivity index (χ2n) is 10.7. The third kappa shape index (κ3) is 2.71. The maximum absolute atomic E-state index is 13.5. The van der Waals surface area contributed by atoms with Crippen LogP contribution in [0.4, 0.5) is 0 Å². The van der Waals surface area contributed by atoms with E-state index in [-0.39, 0.29) is 17.6 Å². The highest BCUT2D eigenvalue weighted by Crippen LogP contribution is 2.69. The Hall–Kier alpha value is -2.37. The van der Waals surface area contributed by atoms with Gasteiger partial charge in [-0.05, 0) is 75.7 Å². The quantitative estimate of drug-likeness (QED) is 0.612. The minimum Gasteiger partial charge on any atom is -0.504 e. The molecule has 5 heteroatoms. The molecule has 1 spiro atoms. The van der Waals surface area contributed by atoms with Crippen molar-refractivity contribution >= 4 is 5.78 Å². The summed E-state index contributed by atoms with van der Waals surface area (Å²) in [6.07, 6.45) is 5.86. The smallest absolute Gasteiger partial charge is 0.177 e. The highest BCUT2D eigenvalue weighted by Gasteiger charge is 2.78. The van der Waals surface area contributed by atoms with Crippen LogP contribution in [0.1, 0.15) is 62.6 Å². The van der Waals surface area contributed by atoms with Crippen LogP contribution in [0.3, 0.4) is 0 Å². The van der Waals surface area contributed by atoms with Gasteiger partial charge in [-0.25, -0.2) is 0 Å². The van der Waals surface area contributed by atoms with Crippen LogP contribution in [-0.4, -0.2) is 52.7 Å². The highest BCUT2D eigenvalue weighted by atomic mass is 16.5. The third-order valence-corrected chi connectivity index (χ3v) is 9.24. The van der Waals surface area contributed by atoms with Gasteiger partial charge >= 0.3 is 0 Å². The van der Waals surface area contributed by atoms with Crippen molar-refractivity contribution in [1.82, 2.24) is 4.90 Å². The standard InChI is InChI=1S/C29H35NO4/c1-3-16-30-17-15-28-25-21-11-12-22(31)26(25)34-27(28,2)24(32)13-14-29(28,23(30)19-21)33-18-7-10-20-8-5-4-6-9-20/h4-6,8-9,11-12,23,31H,3,7,10,13-19H2,1-2H3/t23?,27?,28-,29+/m0/s1. The zero-order chi connectivity index (χ0) is 23.6. The molecular formula is C29H35NO4. The van der Waals surface area contributed by atoms with Crippen molar-refractivity contribution in [3.63, 3.8) is 0 Å². The van der Waals surface area contributed by atoms with Crippen LogP contribution in [0.2, 0.25) is 0 Å². The van der Waals surface area contributed by atoms with Crippen molar-refractivity contribution in [1.29, 1.82) is 0 Å². The number of hydrogen-bond donors (Lipinski definition) is 1. The lowest BCUT2D eigenvalue weighted by molar-refractivity contribution is -0.231. The van der Waals surface area contributed by atoms with E-state index >= 15 is 0 Å². The number of ketones is 1. The molecule has 34 heavy (non-hydrogen) atoms. The largest absolute Gasteiger partial charge is 0.504 e. The van der Waals surface area contributed by atoms with E-state index in [0.29, 0.717) is 18.8 Å². The van der Waals surface area contributed by atoms with Gasteiger partial charge in [0.05, 0.1) is 11.0 Å².